The van der Waals surface area contributed by atoms with Crippen molar-refractivity contribution < 1.29 is 5.11 Å². The quantitative estimate of drug-likeness (QED) is 0.886. The zero-order chi connectivity index (χ0) is 13.1. The summed E-state index contributed by atoms with van der Waals surface area (Å²) in [6, 6.07) is 5.57. The van der Waals surface area contributed by atoms with Gasteiger partial charge in [0.25, 0.3) is 0 Å². The molecule has 0 saturated carbocycles. The maximum atomic E-state index is 10.1. The van der Waals surface area contributed by atoms with Crippen LogP contribution in [0, 0.1) is 0 Å². The van der Waals surface area contributed by atoms with E-state index in [4.69, 9.17) is 5.73 Å². The molecule has 0 unspecified atom stereocenters. The summed E-state index contributed by atoms with van der Waals surface area (Å²) in [5, 5.41) is 18.8. The Bertz CT molecular complexity index is 537. The van der Waals surface area contributed by atoms with Crippen molar-refractivity contribution in [1.29, 1.82) is 0 Å². The van der Waals surface area contributed by atoms with E-state index in [-0.39, 0.29) is 5.75 Å². The molecular weight excluding hydrogens is 248 g/mol. The first-order valence-corrected chi connectivity index (χ1v) is 6.64. The fourth-order valence-corrected chi connectivity index (χ4v) is 2.47. The fourth-order valence-electron chi connectivity index (χ4n) is 1.83. The summed E-state index contributed by atoms with van der Waals surface area (Å²) in [4.78, 5) is 2.16. The Morgan fingerprint density at radius 3 is 2.50 bits per heavy atom. The van der Waals surface area contributed by atoms with Gasteiger partial charge in [-0.05, 0) is 26.0 Å². The Balaban J connectivity index is 2.36. The second-order valence-electron chi connectivity index (χ2n) is 3.82. The summed E-state index contributed by atoms with van der Waals surface area (Å²) in [6.07, 6.45) is 0. The molecule has 0 fully saturated rings. The fraction of sp³-hybridized carbons (Fsp3) is 0.333. The highest BCUT2D eigenvalue weighted by Gasteiger charge is 2.11. The standard InChI is InChI=1S/C12H16N4OS/c1-3-16(4-2)8-5-6-9(10(17)7-8)11-14-15-12(13)18-11/h5-7,17H,3-4H2,1-2H3,(H2,13,15). The molecular formula is C12H16N4OS. The number of rotatable bonds is 4. The third kappa shape index (κ3) is 2.38. The lowest BCUT2D eigenvalue weighted by molar-refractivity contribution is 0.477. The minimum atomic E-state index is 0.204. The molecule has 0 atom stereocenters. The van der Waals surface area contributed by atoms with Gasteiger partial charge in [0.05, 0.1) is 5.56 Å². The lowest BCUT2D eigenvalue weighted by Gasteiger charge is -2.21. The third-order valence-corrected chi connectivity index (χ3v) is 3.57. The summed E-state index contributed by atoms with van der Waals surface area (Å²) in [5.74, 6) is 0.204. The molecule has 0 aliphatic carbocycles. The van der Waals surface area contributed by atoms with Gasteiger partial charge in [0.15, 0.2) is 5.01 Å². The van der Waals surface area contributed by atoms with Crippen molar-refractivity contribution in [2.45, 2.75) is 13.8 Å². The van der Waals surface area contributed by atoms with E-state index in [1.807, 2.05) is 12.1 Å². The monoisotopic (exact) mass is 264 g/mol. The number of aromatic nitrogens is 2. The molecule has 1 aromatic heterocycles. The average molecular weight is 264 g/mol. The minimum absolute atomic E-state index is 0.204. The van der Waals surface area contributed by atoms with Crippen LogP contribution in [0.25, 0.3) is 10.6 Å². The van der Waals surface area contributed by atoms with Crippen molar-refractivity contribution in [3.63, 3.8) is 0 Å². The van der Waals surface area contributed by atoms with Gasteiger partial charge in [0, 0.05) is 24.8 Å². The van der Waals surface area contributed by atoms with Gasteiger partial charge in [-0.25, -0.2) is 0 Å². The van der Waals surface area contributed by atoms with Gasteiger partial charge in [-0.2, -0.15) is 0 Å². The molecule has 2 rings (SSSR count). The van der Waals surface area contributed by atoms with Gasteiger partial charge in [-0.1, -0.05) is 11.3 Å². The van der Waals surface area contributed by atoms with Crippen LogP contribution in [0.2, 0.25) is 0 Å². The van der Waals surface area contributed by atoms with Crippen LogP contribution in [0.1, 0.15) is 13.8 Å². The zero-order valence-corrected chi connectivity index (χ0v) is 11.2. The highest BCUT2D eigenvalue weighted by Crippen LogP contribution is 2.34. The summed E-state index contributed by atoms with van der Waals surface area (Å²) in [6.45, 7) is 5.97. The predicted octanol–water partition coefficient (Wildman–Crippen LogP) is 2.34. The van der Waals surface area contributed by atoms with Gasteiger partial charge in [-0.15, -0.1) is 10.2 Å². The number of nitrogens with zero attached hydrogens (tertiary/aromatic N) is 3. The van der Waals surface area contributed by atoms with Crippen LogP contribution in [0.3, 0.4) is 0 Å². The Labute approximate surface area is 110 Å². The zero-order valence-electron chi connectivity index (χ0n) is 10.4. The number of aromatic hydroxyl groups is 1. The van der Waals surface area contributed by atoms with Gasteiger partial charge in [-0.3, -0.25) is 0 Å². The van der Waals surface area contributed by atoms with Gasteiger partial charge in [0.2, 0.25) is 5.13 Å². The van der Waals surface area contributed by atoms with E-state index >= 15 is 0 Å². The molecule has 0 amide bonds. The second-order valence-corrected chi connectivity index (χ2v) is 4.83. The minimum Gasteiger partial charge on any atom is -0.507 e. The van der Waals surface area contributed by atoms with Gasteiger partial charge >= 0.3 is 0 Å². The summed E-state index contributed by atoms with van der Waals surface area (Å²) in [5.41, 5.74) is 7.21. The molecule has 5 nitrogen and oxygen atoms in total. The topological polar surface area (TPSA) is 75.3 Å². The van der Waals surface area contributed by atoms with E-state index in [2.05, 4.69) is 28.9 Å². The van der Waals surface area contributed by atoms with Crippen LogP contribution in [0.5, 0.6) is 5.75 Å². The highest BCUT2D eigenvalue weighted by atomic mass is 32.1. The molecule has 0 spiro atoms. The largest absolute Gasteiger partial charge is 0.507 e. The molecule has 18 heavy (non-hydrogen) atoms. The molecule has 6 heteroatoms. The van der Waals surface area contributed by atoms with E-state index in [1.165, 1.54) is 11.3 Å². The number of hydrogen-bond donors (Lipinski definition) is 2. The van der Waals surface area contributed by atoms with E-state index < -0.39 is 0 Å². The second kappa shape index (κ2) is 5.22. The molecule has 0 saturated heterocycles. The molecule has 96 valence electrons. The molecule has 0 aliphatic heterocycles. The lowest BCUT2D eigenvalue weighted by Crippen LogP contribution is -2.21. The Hall–Kier alpha value is -1.82. The number of phenolic OH excluding ortho intramolecular Hbond substituents is 1. The first kappa shape index (κ1) is 12.6. The highest BCUT2D eigenvalue weighted by molar-refractivity contribution is 7.18. The number of phenols is 1. The Kier molecular flexibility index (Phi) is 3.66. The summed E-state index contributed by atoms with van der Waals surface area (Å²) < 4.78 is 0. The molecule has 3 N–H and O–H groups in total. The SMILES string of the molecule is CCN(CC)c1ccc(-c2nnc(N)s2)c(O)c1. The van der Waals surface area contributed by atoms with Crippen LogP contribution in [0.4, 0.5) is 10.8 Å². The van der Waals surface area contributed by atoms with Crippen molar-refractivity contribution in [2.24, 2.45) is 0 Å². The molecule has 2 aromatic rings. The Morgan fingerprint density at radius 2 is 2.00 bits per heavy atom. The normalized spacial score (nSPS) is 10.6. The number of nitrogen functional groups attached to an aromatic ring is 1. The van der Waals surface area contributed by atoms with Gasteiger partial charge < -0.3 is 15.7 Å². The van der Waals surface area contributed by atoms with Crippen LogP contribution in [-0.2, 0) is 0 Å². The van der Waals surface area contributed by atoms with E-state index in [0.717, 1.165) is 18.8 Å². The molecule has 0 bridgehead atoms. The summed E-state index contributed by atoms with van der Waals surface area (Å²) in [7, 11) is 0. The number of benzene rings is 1. The molecule has 1 heterocycles. The van der Waals surface area contributed by atoms with Crippen LogP contribution in [-0.4, -0.2) is 28.4 Å². The van der Waals surface area contributed by atoms with Crippen LogP contribution in [0.15, 0.2) is 18.2 Å². The average Bonchev–Trinajstić information content (AvgIpc) is 2.77. The van der Waals surface area contributed by atoms with Crippen molar-refractivity contribution >= 4 is 22.2 Å². The van der Waals surface area contributed by atoms with Crippen LogP contribution >= 0.6 is 11.3 Å². The summed E-state index contributed by atoms with van der Waals surface area (Å²) >= 11 is 1.26. The van der Waals surface area contributed by atoms with E-state index in [0.29, 0.717) is 15.7 Å². The van der Waals surface area contributed by atoms with Crippen molar-refractivity contribution in [3.05, 3.63) is 18.2 Å². The lowest BCUT2D eigenvalue weighted by atomic mass is 10.1. The van der Waals surface area contributed by atoms with Crippen LogP contribution < -0.4 is 10.6 Å². The third-order valence-electron chi connectivity index (χ3n) is 2.78. The first-order chi connectivity index (χ1) is 8.65. The van der Waals surface area contributed by atoms with Crippen molar-refractivity contribution in [1.82, 2.24) is 10.2 Å². The molecule has 0 aliphatic rings. The predicted molar refractivity (Wildman–Crippen MR) is 75.0 cm³/mol. The Morgan fingerprint density at radius 1 is 1.28 bits per heavy atom. The van der Waals surface area contributed by atoms with Gasteiger partial charge in [0.1, 0.15) is 5.75 Å². The first-order valence-electron chi connectivity index (χ1n) is 5.83. The van der Waals surface area contributed by atoms with Crippen molar-refractivity contribution in [2.75, 3.05) is 23.7 Å². The smallest absolute Gasteiger partial charge is 0.203 e. The van der Waals surface area contributed by atoms with E-state index in [9.17, 15) is 5.11 Å². The molecule has 1 aromatic carbocycles. The van der Waals surface area contributed by atoms with Crippen molar-refractivity contribution in [3.8, 4) is 16.3 Å². The maximum absolute atomic E-state index is 10.1. The number of anilines is 2. The molecule has 0 radical (unpaired) electrons. The van der Waals surface area contributed by atoms with E-state index in [1.54, 1.807) is 6.07 Å². The number of hydrogen-bond acceptors (Lipinski definition) is 6. The number of nitrogens with two attached hydrogens (primary N) is 1. The maximum Gasteiger partial charge on any atom is 0.203 e.